The molecule has 3 aromatic rings. The van der Waals surface area contributed by atoms with Gasteiger partial charge in [-0.05, 0) is 48.8 Å². The highest BCUT2D eigenvalue weighted by atomic mass is 32.9. The number of sulfonamides is 1. The first kappa shape index (κ1) is 17.3. The standard InChI is InChI=1S/C17H15NO2S4/c1-12-3-7-14(8-4-12)16-11-17(23-22-16)21-18-24(19,20)15-9-5-13(2)6-10-15/h3-11H,1-2H3. The van der Waals surface area contributed by atoms with E-state index < -0.39 is 10.0 Å². The summed E-state index contributed by atoms with van der Waals surface area (Å²) in [7, 11) is -0.481. The van der Waals surface area contributed by atoms with Gasteiger partial charge in [-0.15, -0.1) is 0 Å². The molecule has 0 saturated carbocycles. The molecule has 24 heavy (non-hydrogen) atoms. The summed E-state index contributed by atoms with van der Waals surface area (Å²) in [6.07, 6.45) is 0. The van der Waals surface area contributed by atoms with Crippen molar-refractivity contribution in [3.05, 3.63) is 69.5 Å². The lowest BCUT2D eigenvalue weighted by molar-refractivity contribution is 0.598. The van der Waals surface area contributed by atoms with Gasteiger partial charge in [0.25, 0.3) is 10.0 Å². The van der Waals surface area contributed by atoms with Gasteiger partial charge < -0.3 is 0 Å². The van der Waals surface area contributed by atoms with E-state index in [1.807, 2.05) is 13.0 Å². The van der Waals surface area contributed by atoms with Gasteiger partial charge in [-0.2, -0.15) is 8.42 Å². The summed E-state index contributed by atoms with van der Waals surface area (Å²) in [6.45, 7) is 3.97. The molecular formula is C17H15NO2S4. The van der Waals surface area contributed by atoms with E-state index in [2.05, 4.69) is 35.0 Å². The van der Waals surface area contributed by atoms with Crippen molar-refractivity contribution in [1.82, 2.24) is 0 Å². The summed E-state index contributed by atoms with van der Waals surface area (Å²) in [5.74, 6) is 0. The van der Waals surface area contributed by atoms with E-state index >= 15 is 0 Å². The summed E-state index contributed by atoms with van der Waals surface area (Å²) in [6, 6.07) is 17.0. The van der Waals surface area contributed by atoms with Gasteiger partial charge in [0, 0.05) is 4.88 Å². The molecule has 1 aromatic heterocycles. The largest absolute Gasteiger partial charge is 0.292 e. The van der Waals surface area contributed by atoms with Crippen LogP contribution in [0.2, 0.25) is 0 Å². The van der Waals surface area contributed by atoms with Gasteiger partial charge in [-0.25, -0.2) is 0 Å². The first-order valence-corrected chi connectivity index (χ1v) is 11.5. The van der Waals surface area contributed by atoms with Crippen LogP contribution in [0, 0.1) is 17.7 Å². The minimum absolute atomic E-state index is 0.222. The van der Waals surface area contributed by atoms with Gasteiger partial charge >= 0.3 is 0 Å². The lowest BCUT2D eigenvalue weighted by Gasteiger charge is -1.96. The zero-order chi connectivity index (χ0) is 17.2. The average Bonchev–Trinajstić information content (AvgIpc) is 3.03. The van der Waals surface area contributed by atoms with Gasteiger partial charge in [-0.1, -0.05) is 72.0 Å². The summed E-state index contributed by atoms with van der Waals surface area (Å²) in [4.78, 5) is 1.34. The Hall–Kier alpha value is -1.54. The summed E-state index contributed by atoms with van der Waals surface area (Å²) >= 11 is 1.01. The molecule has 0 bridgehead atoms. The topological polar surface area (TPSA) is 46.5 Å². The molecule has 2 aromatic carbocycles. The third-order valence-electron chi connectivity index (χ3n) is 3.34. The van der Waals surface area contributed by atoms with E-state index in [9.17, 15) is 8.42 Å². The third kappa shape index (κ3) is 4.10. The van der Waals surface area contributed by atoms with E-state index in [-0.39, 0.29) is 4.90 Å². The molecule has 3 rings (SSSR count). The van der Waals surface area contributed by atoms with Crippen LogP contribution in [0.5, 0.6) is 0 Å². The van der Waals surface area contributed by atoms with Crippen molar-refractivity contribution >= 4 is 41.9 Å². The summed E-state index contributed by atoms with van der Waals surface area (Å²) in [5.41, 5.74) is 3.37. The molecule has 0 saturated heterocycles. The molecule has 0 aliphatic carbocycles. The predicted molar refractivity (Wildman–Crippen MR) is 104 cm³/mol. The molecule has 0 unspecified atom stereocenters. The first-order valence-electron chi connectivity index (χ1n) is 7.15. The number of hydrogen-bond donors (Lipinski definition) is 0. The van der Waals surface area contributed by atoms with Crippen molar-refractivity contribution in [3.8, 4) is 10.4 Å². The Labute approximate surface area is 152 Å². The van der Waals surface area contributed by atoms with Gasteiger partial charge in [-0.3, -0.25) is 0 Å². The quantitative estimate of drug-likeness (QED) is 0.449. The highest BCUT2D eigenvalue weighted by Gasteiger charge is 2.10. The van der Waals surface area contributed by atoms with Crippen molar-refractivity contribution in [2.75, 3.05) is 0 Å². The molecule has 0 aliphatic rings. The molecular weight excluding hydrogens is 378 g/mol. The Morgan fingerprint density at radius 2 is 1.46 bits per heavy atom. The number of nitrogens with zero attached hydrogens (tertiary/aromatic N) is 1. The zero-order valence-electron chi connectivity index (χ0n) is 13.1. The van der Waals surface area contributed by atoms with Crippen molar-refractivity contribution < 1.29 is 8.42 Å². The highest BCUT2D eigenvalue weighted by molar-refractivity contribution is 7.94. The first-order chi connectivity index (χ1) is 11.4. The van der Waals surface area contributed by atoms with Crippen LogP contribution in [0.15, 0.2) is 63.3 Å². The van der Waals surface area contributed by atoms with Crippen molar-refractivity contribution in [2.24, 2.45) is 3.77 Å². The Kier molecular flexibility index (Phi) is 5.15. The fourth-order valence-corrected chi connectivity index (χ4v) is 6.61. The molecule has 0 aliphatic heterocycles. The Morgan fingerprint density at radius 1 is 0.875 bits per heavy atom. The van der Waals surface area contributed by atoms with Crippen LogP contribution in [0.3, 0.4) is 0 Å². The van der Waals surface area contributed by atoms with Crippen LogP contribution in [-0.2, 0) is 21.2 Å². The monoisotopic (exact) mass is 393 g/mol. The summed E-state index contributed by atoms with van der Waals surface area (Å²) in [5, 5.41) is 0. The molecule has 7 heteroatoms. The Balaban J connectivity index is 1.95. The molecule has 0 N–H and O–H groups in total. The van der Waals surface area contributed by atoms with E-state index in [4.69, 9.17) is 0 Å². The van der Waals surface area contributed by atoms with Gasteiger partial charge in [0.05, 0.1) is 4.90 Å². The van der Waals surface area contributed by atoms with Gasteiger partial charge in [0.2, 0.25) is 0 Å². The van der Waals surface area contributed by atoms with Crippen LogP contribution in [0.1, 0.15) is 11.1 Å². The van der Waals surface area contributed by atoms with Crippen molar-refractivity contribution in [2.45, 2.75) is 18.7 Å². The molecule has 1 heterocycles. The lowest BCUT2D eigenvalue weighted by Crippen LogP contribution is -1.95. The van der Waals surface area contributed by atoms with Crippen LogP contribution in [-0.4, -0.2) is 8.42 Å². The molecule has 0 radical (unpaired) electrons. The Bertz CT molecular complexity index is 1050. The summed E-state index contributed by atoms with van der Waals surface area (Å²) < 4.78 is 29.2. The van der Waals surface area contributed by atoms with Gasteiger partial charge in [0.1, 0.15) is 3.82 Å². The van der Waals surface area contributed by atoms with E-state index in [1.54, 1.807) is 34.6 Å². The minimum Gasteiger partial charge on any atom is -0.198 e. The van der Waals surface area contributed by atoms with Crippen molar-refractivity contribution in [3.63, 3.8) is 0 Å². The second-order valence-electron chi connectivity index (χ2n) is 5.31. The van der Waals surface area contributed by atoms with Crippen LogP contribution >= 0.6 is 20.7 Å². The predicted octanol–water partition coefficient (Wildman–Crippen LogP) is 5.28. The number of rotatable bonds is 3. The Morgan fingerprint density at radius 3 is 2.08 bits per heavy atom. The lowest BCUT2D eigenvalue weighted by atomic mass is 10.1. The smallest absolute Gasteiger partial charge is 0.198 e. The average molecular weight is 394 g/mol. The highest BCUT2D eigenvalue weighted by Crippen LogP contribution is 2.29. The minimum atomic E-state index is -3.64. The van der Waals surface area contributed by atoms with Crippen LogP contribution < -0.4 is 0 Å². The van der Waals surface area contributed by atoms with Crippen molar-refractivity contribution in [1.29, 1.82) is 0 Å². The van der Waals surface area contributed by atoms with E-state index in [0.29, 0.717) is 0 Å². The second kappa shape index (κ2) is 7.14. The van der Waals surface area contributed by atoms with Crippen LogP contribution in [0.4, 0.5) is 0 Å². The third-order valence-corrected chi connectivity index (χ3v) is 8.61. The van der Waals surface area contributed by atoms with Crippen LogP contribution in [0.25, 0.3) is 10.4 Å². The maximum atomic E-state index is 12.3. The number of aryl methyl sites for hydroxylation is 2. The molecule has 0 spiro atoms. The molecule has 0 amide bonds. The zero-order valence-corrected chi connectivity index (χ0v) is 16.4. The maximum Gasteiger partial charge on any atom is 0.292 e. The molecule has 0 fully saturated rings. The number of hydrogen-bond acceptors (Lipinski definition) is 4. The maximum absolute atomic E-state index is 12.3. The fourth-order valence-electron chi connectivity index (χ4n) is 1.97. The fraction of sp³-hybridized carbons (Fsp3) is 0.118. The number of benzene rings is 2. The molecule has 0 atom stereocenters. The molecule has 124 valence electrons. The second-order valence-corrected chi connectivity index (χ2v) is 10.4. The van der Waals surface area contributed by atoms with E-state index in [0.717, 1.165) is 31.0 Å². The SMILES string of the molecule is Cc1ccc(-c2cc(=S=NS(=O)(=O)c3ccc(C)cc3)ss2)cc1. The van der Waals surface area contributed by atoms with Gasteiger partial charge in [0.15, 0.2) is 0 Å². The normalized spacial score (nSPS) is 11.2. The van der Waals surface area contributed by atoms with E-state index in [1.165, 1.54) is 15.9 Å². The molecule has 3 nitrogen and oxygen atoms in total.